The highest BCUT2D eigenvalue weighted by atomic mass is 16.6. The number of ketones is 1. The van der Waals surface area contributed by atoms with Crippen molar-refractivity contribution in [1.29, 1.82) is 0 Å². The van der Waals surface area contributed by atoms with Gasteiger partial charge in [-0.1, -0.05) is 0 Å². The molecule has 0 spiro atoms. The average molecular weight is 112 g/mol. The Balaban J connectivity index is 2.31. The molecule has 1 saturated heterocycles. The minimum absolute atomic E-state index is 0.287. The fourth-order valence-corrected chi connectivity index (χ4v) is 1.35. The van der Waals surface area contributed by atoms with Crippen LogP contribution in [0.2, 0.25) is 0 Å². The summed E-state index contributed by atoms with van der Waals surface area (Å²) in [6, 6.07) is 0. The van der Waals surface area contributed by atoms with Gasteiger partial charge in [0, 0.05) is 6.42 Å². The standard InChI is InChI=1S/C6H8O2/c1-6-4(7)2-3-5(6)8-6/h5H,2-3H2,1H3. The number of epoxide rings is 1. The van der Waals surface area contributed by atoms with E-state index < -0.39 is 0 Å². The largest absolute Gasteiger partial charge is 0.358 e. The summed E-state index contributed by atoms with van der Waals surface area (Å²) in [5, 5.41) is 0. The van der Waals surface area contributed by atoms with Crippen molar-refractivity contribution in [2.75, 3.05) is 0 Å². The van der Waals surface area contributed by atoms with E-state index >= 15 is 0 Å². The van der Waals surface area contributed by atoms with Gasteiger partial charge in [0.05, 0.1) is 6.10 Å². The molecular formula is C6H8O2. The second-order valence-corrected chi connectivity index (χ2v) is 2.68. The summed E-state index contributed by atoms with van der Waals surface area (Å²) in [5.74, 6) is 0.294. The highest BCUT2D eigenvalue weighted by molar-refractivity contribution is 5.92. The summed E-state index contributed by atoms with van der Waals surface area (Å²) >= 11 is 0. The van der Waals surface area contributed by atoms with Crippen molar-refractivity contribution in [2.24, 2.45) is 0 Å². The Hall–Kier alpha value is -0.370. The van der Waals surface area contributed by atoms with Gasteiger partial charge in [0.2, 0.25) is 0 Å². The second kappa shape index (κ2) is 0.982. The molecule has 1 heterocycles. The van der Waals surface area contributed by atoms with E-state index in [9.17, 15) is 4.79 Å². The second-order valence-electron chi connectivity index (χ2n) is 2.68. The van der Waals surface area contributed by atoms with Crippen LogP contribution in [0.25, 0.3) is 0 Å². The fraction of sp³-hybridized carbons (Fsp3) is 0.833. The Morgan fingerprint density at radius 1 is 1.88 bits per heavy atom. The third-order valence-corrected chi connectivity index (χ3v) is 2.13. The molecule has 0 aromatic rings. The first-order chi connectivity index (χ1) is 3.73. The van der Waals surface area contributed by atoms with Gasteiger partial charge in [-0.15, -0.1) is 0 Å². The number of rotatable bonds is 0. The van der Waals surface area contributed by atoms with Crippen molar-refractivity contribution in [3.8, 4) is 0 Å². The van der Waals surface area contributed by atoms with Crippen molar-refractivity contribution in [2.45, 2.75) is 31.5 Å². The van der Waals surface area contributed by atoms with Crippen molar-refractivity contribution in [3.05, 3.63) is 0 Å². The van der Waals surface area contributed by atoms with E-state index in [-0.39, 0.29) is 11.7 Å². The molecule has 2 nitrogen and oxygen atoms in total. The zero-order valence-electron chi connectivity index (χ0n) is 4.81. The lowest BCUT2D eigenvalue weighted by Crippen LogP contribution is -2.15. The molecule has 1 aliphatic carbocycles. The molecule has 8 heavy (non-hydrogen) atoms. The zero-order valence-corrected chi connectivity index (χ0v) is 4.81. The molecule has 0 bridgehead atoms. The Morgan fingerprint density at radius 2 is 2.62 bits per heavy atom. The molecule has 0 N–H and O–H groups in total. The van der Waals surface area contributed by atoms with Crippen LogP contribution >= 0.6 is 0 Å². The number of carbonyl (C=O) groups is 1. The Morgan fingerprint density at radius 3 is 2.75 bits per heavy atom. The molecular weight excluding hydrogens is 104 g/mol. The first kappa shape index (κ1) is 4.50. The minimum Gasteiger partial charge on any atom is -0.358 e. The average Bonchev–Trinajstić information content (AvgIpc) is 2.31. The van der Waals surface area contributed by atoms with Crippen LogP contribution in [0.1, 0.15) is 19.8 Å². The molecule has 0 radical (unpaired) electrons. The lowest BCUT2D eigenvalue weighted by molar-refractivity contribution is -0.123. The van der Waals surface area contributed by atoms with Gasteiger partial charge >= 0.3 is 0 Å². The minimum atomic E-state index is -0.319. The number of fused-ring (bicyclic) bond motifs is 1. The Labute approximate surface area is 47.8 Å². The molecule has 44 valence electrons. The molecule has 1 aliphatic heterocycles. The van der Waals surface area contributed by atoms with Crippen LogP contribution in [0, 0.1) is 0 Å². The third kappa shape index (κ3) is 0.313. The summed E-state index contributed by atoms with van der Waals surface area (Å²) in [7, 11) is 0. The molecule has 2 heteroatoms. The van der Waals surface area contributed by atoms with Crippen LogP contribution in [-0.2, 0) is 9.53 Å². The zero-order chi connectivity index (χ0) is 5.78. The lowest BCUT2D eigenvalue weighted by Gasteiger charge is -1.93. The van der Waals surface area contributed by atoms with Crippen LogP contribution in [0.3, 0.4) is 0 Å². The predicted molar refractivity (Wildman–Crippen MR) is 27.5 cm³/mol. The number of carbonyl (C=O) groups excluding carboxylic acids is 1. The maximum atomic E-state index is 10.8. The number of ether oxygens (including phenoxy) is 1. The van der Waals surface area contributed by atoms with Crippen molar-refractivity contribution in [3.63, 3.8) is 0 Å². The molecule has 0 aromatic heterocycles. The highest BCUT2D eigenvalue weighted by Crippen LogP contribution is 2.46. The van der Waals surface area contributed by atoms with Crippen molar-refractivity contribution >= 4 is 5.78 Å². The van der Waals surface area contributed by atoms with Crippen LogP contribution in [0.5, 0.6) is 0 Å². The quantitative estimate of drug-likeness (QED) is 0.427. The van der Waals surface area contributed by atoms with E-state index in [1.165, 1.54) is 0 Å². The van der Waals surface area contributed by atoms with Crippen LogP contribution in [-0.4, -0.2) is 17.5 Å². The van der Waals surface area contributed by atoms with Gasteiger partial charge < -0.3 is 4.74 Å². The Kier molecular flexibility index (Phi) is 0.553. The van der Waals surface area contributed by atoms with E-state index in [2.05, 4.69) is 0 Å². The molecule has 2 atom stereocenters. The molecule has 2 rings (SSSR count). The van der Waals surface area contributed by atoms with Gasteiger partial charge in [0.1, 0.15) is 5.60 Å². The number of hydrogen-bond donors (Lipinski definition) is 0. The topological polar surface area (TPSA) is 29.6 Å². The van der Waals surface area contributed by atoms with Crippen LogP contribution in [0.15, 0.2) is 0 Å². The highest BCUT2D eigenvalue weighted by Gasteiger charge is 2.61. The van der Waals surface area contributed by atoms with Crippen molar-refractivity contribution in [1.82, 2.24) is 0 Å². The normalized spacial score (nSPS) is 51.6. The molecule has 2 fully saturated rings. The fourth-order valence-electron chi connectivity index (χ4n) is 1.35. The lowest BCUT2D eigenvalue weighted by atomic mass is 10.1. The summed E-state index contributed by atoms with van der Waals surface area (Å²) in [6.45, 7) is 1.88. The van der Waals surface area contributed by atoms with Gasteiger partial charge in [-0.3, -0.25) is 4.79 Å². The maximum Gasteiger partial charge on any atom is 0.167 e. The first-order valence-corrected chi connectivity index (χ1v) is 2.94. The Bertz CT molecular complexity index is 151. The van der Waals surface area contributed by atoms with Crippen molar-refractivity contribution < 1.29 is 9.53 Å². The van der Waals surface area contributed by atoms with Gasteiger partial charge in [-0.05, 0) is 13.3 Å². The monoisotopic (exact) mass is 112 g/mol. The molecule has 0 aromatic carbocycles. The smallest absolute Gasteiger partial charge is 0.167 e. The SMILES string of the molecule is CC12OC1CCC2=O. The van der Waals surface area contributed by atoms with E-state index in [0.717, 1.165) is 12.8 Å². The molecule has 0 amide bonds. The van der Waals surface area contributed by atoms with E-state index in [1.54, 1.807) is 0 Å². The van der Waals surface area contributed by atoms with Gasteiger partial charge in [-0.2, -0.15) is 0 Å². The molecule has 2 aliphatic rings. The van der Waals surface area contributed by atoms with Gasteiger partial charge in [0.15, 0.2) is 5.78 Å². The summed E-state index contributed by atoms with van der Waals surface area (Å²) in [5.41, 5.74) is -0.319. The first-order valence-electron chi connectivity index (χ1n) is 2.94. The van der Waals surface area contributed by atoms with Crippen LogP contribution in [0.4, 0.5) is 0 Å². The summed E-state index contributed by atoms with van der Waals surface area (Å²) < 4.78 is 5.10. The molecule has 2 unspecified atom stereocenters. The van der Waals surface area contributed by atoms with E-state index in [0.29, 0.717) is 5.78 Å². The van der Waals surface area contributed by atoms with E-state index in [1.807, 2.05) is 6.92 Å². The summed E-state index contributed by atoms with van der Waals surface area (Å²) in [4.78, 5) is 10.8. The van der Waals surface area contributed by atoms with Crippen LogP contribution < -0.4 is 0 Å². The maximum absolute atomic E-state index is 10.8. The predicted octanol–water partition coefficient (Wildman–Crippen LogP) is 0.507. The number of hydrogen-bond acceptors (Lipinski definition) is 2. The van der Waals surface area contributed by atoms with Gasteiger partial charge in [-0.25, -0.2) is 0 Å². The van der Waals surface area contributed by atoms with Gasteiger partial charge in [0.25, 0.3) is 0 Å². The molecule has 1 saturated carbocycles. The third-order valence-electron chi connectivity index (χ3n) is 2.13. The summed E-state index contributed by atoms with van der Waals surface area (Å²) in [6.07, 6.45) is 1.98. The van der Waals surface area contributed by atoms with E-state index in [4.69, 9.17) is 4.74 Å². The number of Topliss-reactive ketones (excluding diaryl/α,β-unsaturated/α-hetero) is 1.